The van der Waals surface area contributed by atoms with Gasteiger partial charge in [0.2, 0.25) is 0 Å². The fraction of sp³-hybridized carbons (Fsp3) is 0.0909. The highest BCUT2D eigenvalue weighted by Gasteiger charge is 2.46. The fourth-order valence-corrected chi connectivity index (χ4v) is 22.9. The van der Waals surface area contributed by atoms with Gasteiger partial charge in [-0.25, -0.2) is 0 Å². The molecule has 0 N–H and O–H groups in total. The van der Waals surface area contributed by atoms with Gasteiger partial charge in [-0.15, -0.1) is 0 Å². The maximum absolute atomic E-state index is 15.1. The number of imide groups is 2. The Labute approximate surface area is 825 Å². The summed E-state index contributed by atoms with van der Waals surface area (Å²) in [6, 6.07) is 162. The summed E-state index contributed by atoms with van der Waals surface area (Å²) in [5, 5.41) is 9.36. The number of para-hydroxylation sites is 2. The van der Waals surface area contributed by atoms with E-state index >= 15 is 9.59 Å². The summed E-state index contributed by atoms with van der Waals surface area (Å²) in [7, 11) is 0. The second kappa shape index (κ2) is 36.7. The van der Waals surface area contributed by atoms with Crippen molar-refractivity contribution in [3.8, 4) is 100 Å². The largest absolute Gasteiger partial charge is 0.310 e. The van der Waals surface area contributed by atoms with Gasteiger partial charge in [0, 0.05) is 78.5 Å². The number of rotatable bonds is 18. The highest BCUT2D eigenvalue weighted by atomic mass is 16.2. The first kappa shape index (κ1) is 86.0. The summed E-state index contributed by atoms with van der Waals surface area (Å²) in [6.45, 7) is 0. The van der Waals surface area contributed by atoms with Crippen molar-refractivity contribution in [2.75, 3.05) is 9.80 Å². The molecule has 10 nitrogen and oxygen atoms in total. The Hall–Kier alpha value is -17.6. The lowest BCUT2D eigenvalue weighted by atomic mass is 9.90. The van der Waals surface area contributed by atoms with E-state index in [0.29, 0.717) is 22.3 Å². The molecule has 2 aliphatic carbocycles. The van der Waals surface area contributed by atoms with E-state index in [-0.39, 0.29) is 35.7 Å². The van der Waals surface area contributed by atoms with Gasteiger partial charge in [-0.3, -0.25) is 29.0 Å². The molecule has 0 radical (unpaired) electrons. The highest BCUT2D eigenvalue weighted by Crippen LogP contribution is 2.50. The normalized spacial score (nSPS) is 13.9. The standard InChI is InChI=1S/C74H53N3O2.C58H45N3O2/c78-73-71-61(52-26-34-59(35-27-52)75-67-40-30-54(48-16-6-1-7-17-48)44-63(67)64-45-55(31-41-68(64)75)49-18-8-2-9-19-49)38-39-62(72(71)74(79)77(73)58-24-14-5-15-25-58)53-28-36-60(37-29-53)76-69-42-32-56(50-20-10-3-11-21-50)46-65(69)66-47-57(33-43-70(66)76)51-22-12-4-13-23-51;62-57-55-51(42-30-34-47(35-31-42)59(44-20-4-1-5-21-44)53-28-14-18-40-16-10-12-26-49(40)53)38-39-52(56(55)58(63)61(57)46-24-8-3-9-25-46)43-32-36-48(37-33-43)60(45-22-6-2-7-23-45)54-29-15-19-41-17-11-13-27-50(41)54/h1-4,6-13,16-23,26-47,58H,5,14-15,24-25H2;1-2,4-7,10-23,26-39,46H,3,8-9,24-25H2. The van der Waals surface area contributed by atoms with Crippen molar-refractivity contribution in [1.29, 1.82) is 0 Å². The van der Waals surface area contributed by atoms with E-state index in [0.717, 1.165) is 187 Å². The minimum absolute atomic E-state index is 0.100. The molecule has 0 spiro atoms. The summed E-state index contributed by atoms with van der Waals surface area (Å²) in [6.07, 6.45) is 9.65. The van der Waals surface area contributed by atoms with Crippen molar-refractivity contribution in [2.45, 2.75) is 76.3 Å². The van der Waals surface area contributed by atoms with Gasteiger partial charge in [0.05, 0.1) is 55.7 Å². The minimum atomic E-state index is -0.190. The number of hydrogen-bond acceptors (Lipinski definition) is 6. The van der Waals surface area contributed by atoms with Crippen LogP contribution in [-0.4, -0.2) is 54.6 Å². The molecular weight excluding hydrogens is 1730 g/mol. The smallest absolute Gasteiger partial charge is 0.262 e. The number of amides is 4. The zero-order valence-electron chi connectivity index (χ0n) is 78.4. The van der Waals surface area contributed by atoms with Gasteiger partial charge < -0.3 is 18.9 Å². The molecule has 0 bridgehead atoms. The van der Waals surface area contributed by atoms with Gasteiger partial charge in [-0.2, -0.15) is 0 Å². The fourth-order valence-electron chi connectivity index (χ4n) is 22.9. The number of carbonyl (C=O) groups is 4. The number of fused-ring (bicyclic) bond motifs is 10. The van der Waals surface area contributed by atoms with Crippen molar-refractivity contribution in [1.82, 2.24) is 18.9 Å². The van der Waals surface area contributed by atoms with Crippen LogP contribution in [0.1, 0.15) is 106 Å². The first-order valence-corrected chi connectivity index (χ1v) is 49.7. The van der Waals surface area contributed by atoms with Crippen LogP contribution in [-0.2, 0) is 0 Å². The van der Waals surface area contributed by atoms with Crippen LogP contribution in [0, 0.1) is 0 Å². The van der Waals surface area contributed by atoms with E-state index in [2.05, 4.69) is 456 Å². The van der Waals surface area contributed by atoms with E-state index in [4.69, 9.17) is 0 Å². The van der Waals surface area contributed by atoms with Crippen LogP contribution >= 0.6 is 0 Å². The second-order valence-electron chi connectivity index (χ2n) is 38.0. The first-order chi connectivity index (χ1) is 70.1. The van der Waals surface area contributed by atoms with Gasteiger partial charge in [-0.05, 0) is 259 Å². The average Bonchev–Trinajstić information content (AvgIpc) is 1.57. The third-order valence-electron chi connectivity index (χ3n) is 29.8. The number of carbonyl (C=O) groups excluding carboxylic acids is 4. The zero-order valence-corrected chi connectivity index (χ0v) is 78.4. The second-order valence-corrected chi connectivity index (χ2v) is 38.0. The molecule has 0 atom stereocenters. The zero-order chi connectivity index (χ0) is 94.8. The van der Waals surface area contributed by atoms with E-state index in [1.54, 1.807) is 9.80 Å². The lowest BCUT2D eigenvalue weighted by Gasteiger charge is -2.29. The lowest BCUT2D eigenvalue weighted by molar-refractivity contribution is 0.0533. The van der Waals surface area contributed by atoms with E-state index < -0.39 is 0 Å². The predicted octanol–water partition coefficient (Wildman–Crippen LogP) is 34.0. The maximum atomic E-state index is 15.1. The summed E-state index contributed by atoms with van der Waals surface area (Å²) in [5.41, 5.74) is 30.7. The number of anilines is 6. The monoisotopic (exact) mass is 1830 g/mol. The van der Waals surface area contributed by atoms with E-state index in [1.165, 1.54) is 76.8 Å². The van der Waals surface area contributed by atoms with Crippen LogP contribution in [0.2, 0.25) is 0 Å². The van der Waals surface area contributed by atoms with Gasteiger partial charge in [-0.1, -0.05) is 366 Å². The first-order valence-electron chi connectivity index (χ1n) is 49.7. The minimum Gasteiger partial charge on any atom is -0.310 e. The Morgan fingerprint density at radius 3 is 0.718 bits per heavy atom. The molecule has 2 saturated carbocycles. The Morgan fingerprint density at radius 2 is 0.430 bits per heavy atom. The average molecular weight is 1830 g/mol. The Morgan fingerprint density at radius 1 is 0.190 bits per heavy atom. The van der Waals surface area contributed by atoms with Crippen LogP contribution in [0.25, 0.3) is 166 Å². The summed E-state index contributed by atoms with van der Waals surface area (Å²) in [5.74, 6) is -0.754. The molecule has 20 aromatic carbocycles. The molecule has 26 rings (SSSR count). The summed E-state index contributed by atoms with van der Waals surface area (Å²) in [4.78, 5) is 67.5. The van der Waals surface area contributed by atoms with Gasteiger partial charge in [0.1, 0.15) is 0 Å². The molecular formula is C132H98N6O4. The number of hydrogen-bond donors (Lipinski definition) is 0. The van der Waals surface area contributed by atoms with E-state index in [9.17, 15) is 9.59 Å². The van der Waals surface area contributed by atoms with E-state index in [1.807, 2.05) is 24.3 Å². The Bertz CT molecular complexity index is 7960. The van der Waals surface area contributed by atoms with Crippen molar-refractivity contribution in [3.05, 3.63) is 483 Å². The van der Waals surface area contributed by atoms with Crippen LogP contribution in [0.5, 0.6) is 0 Å². The summed E-state index contributed by atoms with van der Waals surface area (Å²) < 4.78 is 4.69. The molecule has 10 heteroatoms. The van der Waals surface area contributed by atoms with Crippen LogP contribution in [0.4, 0.5) is 34.1 Å². The third-order valence-corrected chi connectivity index (χ3v) is 29.8. The quantitative estimate of drug-likeness (QED) is 0.0795. The molecule has 0 unspecified atom stereocenters. The molecule has 4 heterocycles. The van der Waals surface area contributed by atoms with Crippen molar-refractivity contribution in [3.63, 3.8) is 0 Å². The highest BCUT2D eigenvalue weighted by molar-refractivity contribution is 6.28. The van der Waals surface area contributed by atoms with Crippen LogP contribution < -0.4 is 9.80 Å². The Balaban J connectivity index is 0.000000153. The molecule has 22 aromatic rings. The van der Waals surface area contributed by atoms with Gasteiger partial charge >= 0.3 is 0 Å². The third kappa shape index (κ3) is 15.4. The van der Waals surface area contributed by atoms with Crippen molar-refractivity contribution in [2.24, 2.45) is 0 Å². The molecule has 2 aromatic heterocycles. The molecule has 0 saturated heterocycles. The summed E-state index contributed by atoms with van der Waals surface area (Å²) >= 11 is 0. The number of benzene rings is 20. The molecule has 2 aliphatic heterocycles. The SMILES string of the molecule is O=C1c2c(-c3ccc(-n4c5ccc(-c6ccccc6)cc5c5cc(-c6ccccc6)ccc54)cc3)ccc(-c3ccc(-n4c5ccc(-c6ccccc6)cc5c5cc(-c6ccccc6)ccc54)cc3)c2C(=O)N1C1CCCCC1.O=C1c2c(-c3ccc(N(c4ccccc4)c4cccc5ccccc45)cc3)ccc(-c3ccc(N(c4ccccc4)c4cccc5ccccc45)cc3)c2C(=O)N1C1CCCCC1. The van der Waals surface area contributed by atoms with Crippen LogP contribution in [0.15, 0.2) is 461 Å². The molecule has 4 aliphatic rings. The molecule has 680 valence electrons. The van der Waals surface area contributed by atoms with Crippen molar-refractivity contribution >= 4 is 123 Å². The Kier molecular flexibility index (Phi) is 22.2. The molecule has 4 amide bonds. The molecule has 2 fully saturated rings. The predicted molar refractivity (Wildman–Crippen MR) is 584 cm³/mol. The van der Waals surface area contributed by atoms with Crippen LogP contribution in [0.3, 0.4) is 0 Å². The maximum Gasteiger partial charge on any atom is 0.262 e. The van der Waals surface area contributed by atoms with Gasteiger partial charge in [0.25, 0.3) is 23.6 Å². The van der Waals surface area contributed by atoms with Gasteiger partial charge in [0.15, 0.2) is 0 Å². The topological polar surface area (TPSA) is 91.1 Å². The number of aromatic nitrogens is 2. The number of nitrogens with zero attached hydrogens (tertiary/aromatic N) is 6. The molecule has 142 heavy (non-hydrogen) atoms. The lowest BCUT2D eigenvalue weighted by Crippen LogP contribution is -2.41. The van der Waals surface area contributed by atoms with Crippen molar-refractivity contribution < 1.29 is 19.2 Å².